The van der Waals surface area contributed by atoms with Crippen LogP contribution in [-0.2, 0) is 25.7 Å². The average Bonchev–Trinajstić information content (AvgIpc) is 3.61. The number of likely N-dealkylation sites (tertiary alicyclic amines) is 1. The second-order valence-corrected chi connectivity index (χ2v) is 14.6. The Morgan fingerprint density at radius 1 is 1.11 bits per heavy atom. The van der Waals surface area contributed by atoms with E-state index in [0.717, 1.165) is 25.1 Å². The lowest BCUT2D eigenvalue weighted by Gasteiger charge is -2.40. The molecule has 1 spiro atoms. The van der Waals surface area contributed by atoms with Crippen molar-refractivity contribution in [1.82, 2.24) is 19.6 Å². The molecule has 4 fully saturated rings. The molecule has 10 heteroatoms. The van der Waals surface area contributed by atoms with Crippen molar-refractivity contribution in [1.29, 1.82) is 0 Å². The number of morpholine rings is 1. The van der Waals surface area contributed by atoms with Crippen LogP contribution in [0.15, 0.2) is 55.6 Å². The third-order valence-corrected chi connectivity index (χ3v) is 12.1. The van der Waals surface area contributed by atoms with E-state index in [-0.39, 0.29) is 24.3 Å². The number of thioether (sulfide) groups is 1. The van der Waals surface area contributed by atoms with Crippen molar-refractivity contribution in [3.05, 3.63) is 61.2 Å². The highest BCUT2D eigenvalue weighted by Gasteiger charge is 2.78. The first-order valence-corrected chi connectivity index (χ1v) is 16.8. The summed E-state index contributed by atoms with van der Waals surface area (Å²) in [5.41, 5.74) is 1.01. The van der Waals surface area contributed by atoms with E-state index in [0.29, 0.717) is 58.8 Å². The van der Waals surface area contributed by atoms with E-state index in [4.69, 9.17) is 4.74 Å². The van der Waals surface area contributed by atoms with E-state index in [1.807, 2.05) is 42.2 Å². The molecule has 1 N–H and O–H groups in total. The maximum Gasteiger partial charge on any atom is 0.247 e. The van der Waals surface area contributed by atoms with Crippen molar-refractivity contribution < 1.29 is 24.2 Å². The van der Waals surface area contributed by atoms with Crippen LogP contribution in [0.3, 0.4) is 0 Å². The summed E-state index contributed by atoms with van der Waals surface area (Å²) in [5, 5.41) is 10.5. The topological polar surface area (TPSA) is 93.6 Å². The number of hydrogen-bond donors (Lipinski definition) is 1. The third kappa shape index (κ3) is 5.86. The van der Waals surface area contributed by atoms with Gasteiger partial charge in [0.05, 0.1) is 42.4 Å². The van der Waals surface area contributed by atoms with Crippen molar-refractivity contribution in [2.75, 3.05) is 59.1 Å². The molecule has 4 aliphatic heterocycles. The standard InChI is InChI=1S/C34H48N4O5S/c1-5-15-36(18-17-35-19-21-43-22-20-35)32(42)29-34-14-13-33(4,44-34)27(28(34)31(41)38(29)26(7-3)24-39)30(40)37(16-6-2)23-25-11-9-8-10-12-25/h5-6,8-12,26-29,39H,1-2,7,13-24H2,3-4H3/t26-,27+,28-,29?,33-,34?/m0/s1. The molecule has 0 saturated carbocycles. The lowest BCUT2D eigenvalue weighted by atomic mass is 9.66. The number of carbonyl (C=O) groups is 3. The average molecular weight is 625 g/mol. The second kappa shape index (κ2) is 13.8. The molecule has 2 unspecified atom stereocenters. The first-order valence-electron chi connectivity index (χ1n) is 16.0. The smallest absolute Gasteiger partial charge is 0.247 e. The molecule has 4 aliphatic rings. The van der Waals surface area contributed by atoms with Gasteiger partial charge in [0, 0.05) is 50.6 Å². The number of hydrogen-bond acceptors (Lipinski definition) is 7. The van der Waals surface area contributed by atoms with Gasteiger partial charge in [-0.15, -0.1) is 24.9 Å². The van der Waals surface area contributed by atoms with Gasteiger partial charge >= 0.3 is 0 Å². The van der Waals surface area contributed by atoms with Gasteiger partial charge < -0.3 is 24.5 Å². The van der Waals surface area contributed by atoms with Gasteiger partial charge in [-0.3, -0.25) is 19.3 Å². The van der Waals surface area contributed by atoms with Gasteiger partial charge in [-0.2, -0.15) is 0 Å². The number of aliphatic hydroxyl groups is 1. The van der Waals surface area contributed by atoms with Crippen molar-refractivity contribution in [2.24, 2.45) is 11.8 Å². The minimum absolute atomic E-state index is 0.0657. The number of rotatable bonds is 14. The van der Waals surface area contributed by atoms with Crippen LogP contribution in [0, 0.1) is 11.8 Å². The molecule has 6 atom stereocenters. The van der Waals surface area contributed by atoms with Crippen molar-refractivity contribution in [3.63, 3.8) is 0 Å². The highest BCUT2D eigenvalue weighted by molar-refractivity contribution is 8.02. The molecule has 1 aromatic carbocycles. The molecule has 5 rings (SSSR count). The van der Waals surface area contributed by atoms with Crippen LogP contribution in [0.2, 0.25) is 0 Å². The predicted molar refractivity (Wildman–Crippen MR) is 173 cm³/mol. The molecule has 2 bridgehead atoms. The number of benzene rings is 1. The molecule has 240 valence electrons. The molecular weight excluding hydrogens is 576 g/mol. The lowest BCUT2D eigenvalue weighted by Crippen LogP contribution is -2.58. The van der Waals surface area contributed by atoms with Crippen LogP contribution in [0.1, 0.15) is 38.7 Å². The Labute approximate surface area is 266 Å². The Morgan fingerprint density at radius 3 is 2.43 bits per heavy atom. The Morgan fingerprint density at radius 2 is 1.80 bits per heavy atom. The van der Waals surface area contributed by atoms with Gasteiger partial charge in [-0.25, -0.2) is 0 Å². The summed E-state index contributed by atoms with van der Waals surface area (Å²) in [7, 11) is 0. The largest absolute Gasteiger partial charge is 0.394 e. The van der Waals surface area contributed by atoms with Gasteiger partial charge in [0.1, 0.15) is 6.04 Å². The lowest BCUT2D eigenvalue weighted by molar-refractivity contribution is -0.148. The SMILES string of the molecule is C=CCN(CCN1CCOCC1)C(=O)C1N([C@@H](CC)CO)C(=O)[C@@H]2[C@H](C(=O)N(CC=C)Cc3ccccc3)[C@]3(C)CCC12S3. The van der Waals surface area contributed by atoms with E-state index in [1.165, 1.54) is 0 Å². The van der Waals surface area contributed by atoms with Crippen molar-refractivity contribution >= 4 is 29.5 Å². The minimum Gasteiger partial charge on any atom is -0.394 e. The minimum atomic E-state index is -0.756. The normalized spacial score (nSPS) is 30.2. The van der Waals surface area contributed by atoms with Crippen LogP contribution >= 0.6 is 11.8 Å². The highest BCUT2D eigenvalue weighted by atomic mass is 32.2. The summed E-state index contributed by atoms with van der Waals surface area (Å²) in [6, 6.07) is 8.60. The van der Waals surface area contributed by atoms with Crippen molar-refractivity contribution in [2.45, 2.75) is 61.2 Å². The van der Waals surface area contributed by atoms with Gasteiger partial charge in [0.15, 0.2) is 0 Å². The van der Waals surface area contributed by atoms with Gasteiger partial charge in [-0.05, 0) is 31.7 Å². The van der Waals surface area contributed by atoms with Crippen LogP contribution in [-0.4, -0.2) is 123 Å². The number of fused-ring (bicyclic) bond motifs is 1. The number of aliphatic hydroxyl groups excluding tert-OH is 1. The van der Waals surface area contributed by atoms with E-state index in [2.05, 4.69) is 25.0 Å². The van der Waals surface area contributed by atoms with Crippen molar-refractivity contribution in [3.8, 4) is 0 Å². The van der Waals surface area contributed by atoms with Gasteiger partial charge in [-0.1, -0.05) is 49.4 Å². The summed E-state index contributed by atoms with van der Waals surface area (Å²) >= 11 is 1.68. The summed E-state index contributed by atoms with van der Waals surface area (Å²) < 4.78 is 4.28. The molecule has 0 aromatic heterocycles. The van der Waals surface area contributed by atoms with Crippen LogP contribution in [0.25, 0.3) is 0 Å². The van der Waals surface area contributed by atoms with Crippen LogP contribution in [0.5, 0.6) is 0 Å². The Balaban J connectivity index is 1.49. The maximum atomic E-state index is 14.7. The fourth-order valence-corrected chi connectivity index (χ4v) is 10.3. The zero-order valence-electron chi connectivity index (χ0n) is 26.2. The summed E-state index contributed by atoms with van der Waals surface area (Å²) in [4.78, 5) is 51.5. The van der Waals surface area contributed by atoms with Gasteiger partial charge in [0.2, 0.25) is 17.7 Å². The number of nitrogens with zero attached hydrogens (tertiary/aromatic N) is 4. The Hall–Kier alpha value is -2.66. The van der Waals surface area contributed by atoms with Gasteiger partial charge in [0.25, 0.3) is 0 Å². The third-order valence-electron chi connectivity index (χ3n) is 10.1. The second-order valence-electron chi connectivity index (χ2n) is 12.7. The fraction of sp³-hybridized carbons (Fsp3) is 0.618. The quantitative estimate of drug-likeness (QED) is 0.318. The molecule has 1 aromatic rings. The molecule has 0 radical (unpaired) electrons. The van der Waals surface area contributed by atoms with Crippen LogP contribution in [0.4, 0.5) is 0 Å². The highest BCUT2D eigenvalue weighted by Crippen LogP contribution is 2.72. The van der Waals surface area contributed by atoms with E-state index < -0.39 is 33.4 Å². The first kappa shape index (κ1) is 32.7. The summed E-state index contributed by atoms with van der Waals surface area (Å²) in [6.07, 6.45) is 5.40. The van der Waals surface area contributed by atoms with E-state index >= 15 is 0 Å². The summed E-state index contributed by atoms with van der Waals surface area (Å²) in [5.74, 6) is -1.57. The Kier molecular flexibility index (Phi) is 10.2. The van der Waals surface area contributed by atoms with Crippen LogP contribution < -0.4 is 0 Å². The number of ether oxygens (including phenoxy) is 1. The first-order chi connectivity index (χ1) is 21.2. The molecule has 44 heavy (non-hydrogen) atoms. The predicted octanol–water partition coefficient (Wildman–Crippen LogP) is 2.80. The summed E-state index contributed by atoms with van der Waals surface area (Å²) in [6.45, 7) is 17.0. The van der Waals surface area contributed by atoms with E-state index in [1.54, 1.807) is 33.7 Å². The Bertz CT molecular complexity index is 1220. The molecule has 4 saturated heterocycles. The zero-order chi connectivity index (χ0) is 31.5. The fourth-order valence-electron chi connectivity index (χ4n) is 7.92. The number of carbonyl (C=O) groups excluding carboxylic acids is 3. The molecule has 9 nitrogen and oxygen atoms in total. The molecule has 0 aliphatic carbocycles. The van der Waals surface area contributed by atoms with E-state index in [9.17, 15) is 19.5 Å². The molecule has 3 amide bonds. The zero-order valence-corrected chi connectivity index (χ0v) is 27.1. The number of amides is 3. The monoisotopic (exact) mass is 624 g/mol. The molecule has 4 heterocycles. The molecular formula is C34H48N4O5S. The maximum absolute atomic E-state index is 14.7.